The lowest BCUT2D eigenvalue weighted by atomic mass is 9.85. The van der Waals surface area contributed by atoms with Crippen molar-refractivity contribution >= 4 is 23.5 Å². The van der Waals surface area contributed by atoms with Crippen molar-refractivity contribution in [2.45, 2.75) is 38.4 Å². The van der Waals surface area contributed by atoms with Gasteiger partial charge in [0.1, 0.15) is 5.54 Å². The second-order valence-corrected chi connectivity index (χ2v) is 7.56. The van der Waals surface area contributed by atoms with E-state index >= 15 is 0 Å². The van der Waals surface area contributed by atoms with E-state index in [-0.39, 0.29) is 17.7 Å². The van der Waals surface area contributed by atoms with Crippen LogP contribution in [0.3, 0.4) is 0 Å². The fourth-order valence-electron chi connectivity index (χ4n) is 3.69. The van der Waals surface area contributed by atoms with Gasteiger partial charge in [0, 0.05) is 25.2 Å². The number of carboxylic acids is 2. The predicted octanol–water partition coefficient (Wildman–Crippen LogP) is 2.62. The number of nitrogens with zero attached hydrogens (tertiary/aromatic N) is 1. The number of piperidine rings is 1. The summed E-state index contributed by atoms with van der Waals surface area (Å²) in [6.07, 6.45) is -3.87. The van der Waals surface area contributed by atoms with Gasteiger partial charge in [0.05, 0.1) is 5.92 Å². The highest BCUT2D eigenvalue weighted by molar-refractivity contribution is 5.92. The summed E-state index contributed by atoms with van der Waals surface area (Å²) in [5.41, 5.74) is 1.55. The Bertz CT molecular complexity index is 771. The number of alkyl halides is 3. The molecule has 2 aliphatic rings. The number of halogens is 3. The minimum absolute atomic E-state index is 0.0115. The molecule has 3 unspecified atom stereocenters. The number of hydrogen-bond donors (Lipinski definition) is 3. The van der Waals surface area contributed by atoms with Crippen LogP contribution in [0.2, 0.25) is 0 Å². The van der Waals surface area contributed by atoms with Crippen LogP contribution < -0.4 is 5.32 Å². The summed E-state index contributed by atoms with van der Waals surface area (Å²) in [6, 6.07) is 7.98. The summed E-state index contributed by atoms with van der Waals surface area (Å²) in [5.74, 6) is -3.79. The van der Waals surface area contributed by atoms with Crippen molar-refractivity contribution in [2.24, 2.45) is 11.8 Å². The van der Waals surface area contributed by atoms with Gasteiger partial charge in [0.2, 0.25) is 5.91 Å². The third-order valence-electron chi connectivity index (χ3n) is 5.20. The van der Waals surface area contributed by atoms with Crippen LogP contribution in [0.25, 0.3) is 0 Å². The van der Waals surface area contributed by atoms with E-state index in [1.165, 1.54) is 0 Å². The van der Waals surface area contributed by atoms with Crippen LogP contribution >= 0.6 is 0 Å². The van der Waals surface area contributed by atoms with E-state index in [0.29, 0.717) is 25.9 Å². The third kappa shape index (κ3) is 5.18. The molecule has 3 atom stereocenters. The first-order valence-corrected chi connectivity index (χ1v) is 9.03. The number of amides is 1. The first-order chi connectivity index (χ1) is 13.3. The number of aliphatic carboxylic acids is 2. The number of fused-ring (bicyclic) bond motifs is 1. The van der Waals surface area contributed by atoms with Crippen LogP contribution in [-0.4, -0.2) is 57.8 Å². The van der Waals surface area contributed by atoms with Crippen LogP contribution in [0.4, 0.5) is 18.9 Å². The Hall–Kier alpha value is -2.78. The van der Waals surface area contributed by atoms with Gasteiger partial charge in [-0.25, -0.2) is 4.79 Å². The Morgan fingerprint density at radius 2 is 1.79 bits per heavy atom. The lowest BCUT2D eigenvalue weighted by Gasteiger charge is -2.39. The average Bonchev–Trinajstić information content (AvgIpc) is 2.97. The van der Waals surface area contributed by atoms with Gasteiger partial charge in [-0.1, -0.05) is 25.1 Å². The summed E-state index contributed by atoms with van der Waals surface area (Å²) in [6.45, 7) is 4.89. The normalized spacial score (nSPS) is 25.9. The van der Waals surface area contributed by atoms with E-state index in [4.69, 9.17) is 9.90 Å². The average molecular weight is 416 g/mol. The highest BCUT2D eigenvalue weighted by Crippen LogP contribution is 2.34. The van der Waals surface area contributed by atoms with Gasteiger partial charge in [-0.15, -0.1) is 0 Å². The molecule has 160 valence electrons. The highest BCUT2D eigenvalue weighted by atomic mass is 19.4. The third-order valence-corrected chi connectivity index (χ3v) is 5.20. The van der Waals surface area contributed by atoms with Crippen molar-refractivity contribution in [3.8, 4) is 0 Å². The zero-order chi connectivity index (χ0) is 22.0. The molecule has 29 heavy (non-hydrogen) atoms. The maximum Gasteiger partial charge on any atom is 0.490 e. The number of likely N-dealkylation sites (tertiary alicyclic amines) is 1. The number of benzene rings is 1. The van der Waals surface area contributed by atoms with Gasteiger partial charge < -0.3 is 20.4 Å². The number of hydrogen-bond acceptors (Lipinski definition) is 4. The lowest BCUT2D eigenvalue weighted by Crippen LogP contribution is -2.55. The SMILES string of the molecule is CC1CN(C(=O)C2(C)Cc3ccccc3N2)CCC1C(=O)O.O=C(O)C(F)(F)F. The van der Waals surface area contributed by atoms with Crippen molar-refractivity contribution < 1.29 is 37.8 Å². The molecule has 1 fully saturated rings. The molecule has 1 aromatic carbocycles. The van der Waals surface area contributed by atoms with Crippen molar-refractivity contribution in [2.75, 3.05) is 18.4 Å². The molecule has 2 aliphatic heterocycles. The quantitative estimate of drug-likeness (QED) is 0.684. The number of nitrogens with one attached hydrogen (secondary N) is 1. The molecule has 3 rings (SSSR count). The van der Waals surface area contributed by atoms with Crippen LogP contribution in [-0.2, 0) is 20.8 Å². The minimum atomic E-state index is -5.08. The summed E-state index contributed by atoms with van der Waals surface area (Å²) in [7, 11) is 0. The molecule has 7 nitrogen and oxygen atoms in total. The fraction of sp³-hybridized carbons (Fsp3) is 0.526. The Balaban J connectivity index is 0.000000370. The molecule has 0 bridgehead atoms. The molecule has 1 amide bonds. The summed E-state index contributed by atoms with van der Waals surface area (Å²) >= 11 is 0. The number of carboxylic acid groups (broad SMARTS) is 2. The smallest absolute Gasteiger partial charge is 0.481 e. The lowest BCUT2D eigenvalue weighted by molar-refractivity contribution is -0.192. The van der Waals surface area contributed by atoms with Gasteiger partial charge in [0.15, 0.2) is 0 Å². The van der Waals surface area contributed by atoms with Crippen LogP contribution in [0.1, 0.15) is 25.8 Å². The monoisotopic (exact) mass is 416 g/mol. The number of anilines is 1. The topological polar surface area (TPSA) is 107 Å². The predicted molar refractivity (Wildman–Crippen MR) is 97.4 cm³/mol. The van der Waals surface area contributed by atoms with Crippen molar-refractivity contribution in [1.29, 1.82) is 0 Å². The number of carbonyl (C=O) groups excluding carboxylic acids is 1. The van der Waals surface area contributed by atoms with Gasteiger partial charge in [0.25, 0.3) is 0 Å². The van der Waals surface area contributed by atoms with Crippen molar-refractivity contribution in [1.82, 2.24) is 4.90 Å². The molecule has 2 heterocycles. The van der Waals surface area contributed by atoms with E-state index in [2.05, 4.69) is 5.32 Å². The van der Waals surface area contributed by atoms with E-state index < -0.39 is 23.7 Å². The Kier molecular flexibility index (Phi) is 6.44. The summed E-state index contributed by atoms with van der Waals surface area (Å²) < 4.78 is 31.7. The fourth-order valence-corrected chi connectivity index (χ4v) is 3.69. The maximum absolute atomic E-state index is 12.9. The van der Waals surface area contributed by atoms with E-state index in [1.54, 1.807) is 0 Å². The molecule has 3 N–H and O–H groups in total. The van der Waals surface area contributed by atoms with Crippen molar-refractivity contribution in [3.63, 3.8) is 0 Å². The number of rotatable bonds is 2. The second-order valence-electron chi connectivity index (χ2n) is 7.56. The largest absolute Gasteiger partial charge is 0.490 e. The van der Waals surface area contributed by atoms with Crippen LogP contribution in [0.5, 0.6) is 0 Å². The summed E-state index contributed by atoms with van der Waals surface area (Å²) in [5, 5.41) is 19.7. The Morgan fingerprint density at radius 3 is 2.28 bits per heavy atom. The number of carbonyl (C=O) groups is 3. The van der Waals surface area contributed by atoms with Crippen molar-refractivity contribution in [3.05, 3.63) is 29.8 Å². The molecule has 0 aromatic heterocycles. The van der Waals surface area contributed by atoms with Gasteiger partial charge >= 0.3 is 18.1 Å². The van der Waals surface area contributed by atoms with E-state index in [1.807, 2.05) is 43.0 Å². The van der Waals surface area contributed by atoms with Crippen LogP contribution in [0, 0.1) is 11.8 Å². The van der Waals surface area contributed by atoms with E-state index in [0.717, 1.165) is 11.3 Å². The number of para-hydroxylation sites is 1. The van der Waals surface area contributed by atoms with Gasteiger partial charge in [-0.2, -0.15) is 13.2 Å². The first kappa shape index (κ1) is 22.5. The molecule has 1 aromatic rings. The van der Waals surface area contributed by atoms with Gasteiger partial charge in [-0.05, 0) is 30.9 Å². The molecular formula is C19H23F3N2O5. The molecule has 0 aliphatic carbocycles. The van der Waals surface area contributed by atoms with Crippen LogP contribution in [0.15, 0.2) is 24.3 Å². The zero-order valence-electron chi connectivity index (χ0n) is 16.0. The van der Waals surface area contributed by atoms with E-state index in [9.17, 15) is 27.9 Å². The first-order valence-electron chi connectivity index (χ1n) is 9.03. The molecule has 0 spiro atoms. The maximum atomic E-state index is 12.9. The molecule has 1 saturated heterocycles. The Labute approximate surface area is 165 Å². The Morgan fingerprint density at radius 1 is 1.21 bits per heavy atom. The molecular weight excluding hydrogens is 393 g/mol. The summed E-state index contributed by atoms with van der Waals surface area (Å²) in [4.78, 5) is 34.8. The highest BCUT2D eigenvalue weighted by Gasteiger charge is 2.44. The second kappa shape index (κ2) is 8.30. The van der Waals surface area contributed by atoms with Gasteiger partial charge in [-0.3, -0.25) is 9.59 Å². The zero-order valence-corrected chi connectivity index (χ0v) is 16.0. The standard InChI is InChI=1S/C17H22N2O3.C2HF3O2/c1-11-10-19(8-7-13(11)15(20)21)16(22)17(2)9-12-5-3-4-6-14(12)18-17;3-2(4,5)1(6)7/h3-6,11,13,18H,7-10H2,1-2H3,(H,20,21);(H,6,7). The molecule has 0 saturated carbocycles. The molecule has 0 radical (unpaired) electrons. The minimum Gasteiger partial charge on any atom is -0.481 e. The molecule has 10 heteroatoms.